The molecule has 0 atom stereocenters. The molecule has 1 aromatic rings. The van der Waals surface area contributed by atoms with Gasteiger partial charge in [-0.3, -0.25) is 0 Å². The predicted octanol–water partition coefficient (Wildman–Crippen LogP) is 3.09. The summed E-state index contributed by atoms with van der Waals surface area (Å²) in [5.41, 5.74) is 1.09. The van der Waals surface area contributed by atoms with Crippen molar-refractivity contribution in [1.82, 2.24) is 5.32 Å². The van der Waals surface area contributed by atoms with Crippen molar-refractivity contribution in [1.29, 1.82) is 0 Å². The lowest BCUT2D eigenvalue weighted by Crippen LogP contribution is -2.44. The number of methoxy groups -OCH3 is 1. The number of benzene rings is 1. The topological polar surface area (TPSA) is 21.3 Å². The Labute approximate surface area is 104 Å². The molecule has 0 radical (unpaired) electrons. The van der Waals surface area contributed by atoms with Crippen molar-refractivity contribution in [3.8, 4) is 5.75 Å². The predicted molar refractivity (Wildman–Crippen MR) is 62.8 cm³/mol. The lowest BCUT2D eigenvalue weighted by atomic mass is 9.75. The Morgan fingerprint density at radius 1 is 1.28 bits per heavy atom. The van der Waals surface area contributed by atoms with E-state index in [0.29, 0.717) is 5.92 Å². The van der Waals surface area contributed by atoms with Crippen LogP contribution in [0.25, 0.3) is 0 Å². The highest BCUT2D eigenvalue weighted by molar-refractivity contribution is 5.37. The fourth-order valence-corrected chi connectivity index (χ4v) is 2.30. The Kier molecular flexibility index (Phi) is 3.80. The molecule has 1 aliphatic rings. The third-order valence-electron chi connectivity index (χ3n) is 3.31. The van der Waals surface area contributed by atoms with Crippen LogP contribution < -0.4 is 10.1 Å². The van der Waals surface area contributed by atoms with Gasteiger partial charge >= 0.3 is 6.18 Å². The molecule has 0 bridgehead atoms. The summed E-state index contributed by atoms with van der Waals surface area (Å²) in [4.78, 5) is 0. The Morgan fingerprint density at radius 2 is 1.94 bits per heavy atom. The van der Waals surface area contributed by atoms with E-state index in [9.17, 15) is 13.2 Å². The number of hydrogen-bond donors (Lipinski definition) is 1. The standard InChI is InChI=1S/C13H16F3NO/c1-18-12-5-3-2-4-11(12)9-6-10(7-9)17-8-13(14,15)16/h2-5,9-10,17H,6-8H2,1H3. The first kappa shape index (κ1) is 13.2. The molecule has 0 spiro atoms. The van der Waals surface area contributed by atoms with Crippen molar-refractivity contribution in [2.24, 2.45) is 0 Å². The smallest absolute Gasteiger partial charge is 0.401 e. The normalized spacial score (nSPS) is 23.6. The molecule has 0 saturated heterocycles. The molecule has 1 N–H and O–H groups in total. The molecule has 0 amide bonds. The van der Waals surface area contributed by atoms with Gasteiger partial charge in [0.2, 0.25) is 0 Å². The number of halogens is 3. The Bertz CT molecular complexity index is 399. The first-order valence-corrected chi connectivity index (χ1v) is 5.92. The molecule has 100 valence electrons. The second kappa shape index (κ2) is 5.18. The molecule has 0 aliphatic heterocycles. The quantitative estimate of drug-likeness (QED) is 0.897. The summed E-state index contributed by atoms with van der Waals surface area (Å²) < 4.78 is 41.3. The summed E-state index contributed by atoms with van der Waals surface area (Å²) in [6.07, 6.45) is -2.66. The zero-order valence-corrected chi connectivity index (χ0v) is 10.1. The third kappa shape index (κ3) is 3.16. The maximum absolute atomic E-state index is 12.0. The molecule has 1 aliphatic carbocycles. The van der Waals surface area contributed by atoms with E-state index in [1.807, 2.05) is 24.3 Å². The van der Waals surface area contributed by atoms with Gasteiger partial charge in [0.1, 0.15) is 5.75 Å². The first-order valence-electron chi connectivity index (χ1n) is 5.92. The van der Waals surface area contributed by atoms with E-state index in [4.69, 9.17) is 4.74 Å². The highest BCUT2D eigenvalue weighted by Crippen LogP contribution is 2.41. The Hall–Kier alpha value is -1.23. The molecule has 1 fully saturated rings. The van der Waals surface area contributed by atoms with Crippen LogP contribution in [-0.4, -0.2) is 25.9 Å². The van der Waals surface area contributed by atoms with Gasteiger partial charge in [0.15, 0.2) is 0 Å². The number of hydrogen-bond acceptors (Lipinski definition) is 2. The van der Waals surface area contributed by atoms with Crippen molar-refractivity contribution in [2.45, 2.75) is 31.0 Å². The van der Waals surface area contributed by atoms with Crippen molar-refractivity contribution in [2.75, 3.05) is 13.7 Å². The van der Waals surface area contributed by atoms with Crippen LogP contribution in [0.2, 0.25) is 0 Å². The van der Waals surface area contributed by atoms with Gasteiger partial charge in [0.05, 0.1) is 13.7 Å². The highest BCUT2D eigenvalue weighted by atomic mass is 19.4. The van der Waals surface area contributed by atoms with E-state index >= 15 is 0 Å². The van der Waals surface area contributed by atoms with E-state index in [0.717, 1.165) is 24.2 Å². The number of para-hydroxylation sites is 1. The van der Waals surface area contributed by atoms with Crippen LogP contribution >= 0.6 is 0 Å². The van der Waals surface area contributed by atoms with Gasteiger partial charge < -0.3 is 10.1 Å². The zero-order valence-electron chi connectivity index (χ0n) is 10.1. The van der Waals surface area contributed by atoms with Gasteiger partial charge in [-0.1, -0.05) is 18.2 Å². The van der Waals surface area contributed by atoms with Gasteiger partial charge in [-0.2, -0.15) is 13.2 Å². The highest BCUT2D eigenvalue weighted by Gasteiger charge is 2.35. The first-order chi connectivity index (χ1) is 8.49. The molecule has 2 nitrogen and oxygen atoms in total. The van der Waals surface area contributed by atoms with Crippen LogP contribution in [-0.2, 0) is 0 Å². The summed E-state index contributed by atoms with van der Waals surface area (Å²) in [5.74, 6) is 1.11. The van der Waals surface area contributed by atoms with Crippen molar-refractivity contribution in [3.05, 3.63) is 29.8 Å². The van der Waals surface area contributed by atoms with Crippen LogP contribution in [0.5, 0.6) is 5.75 Å². The summed E-state index contributed by atoms with van der Waals surface area (Å²) in [5, 5.41) is 2.53. The second-order valence-corrected chi connectivity index (χ2v) is 4.60. The summed E-state index contributed by atoms with van der Waals surface area (Å²) in [6, 6.07) is 7.63. The van der Waals surface area contributed by atoms with Crippen LogP contribution in [0.15, 0.2) is 24.3 Å². The number of rotatable bonds is 4. The minimum atomic E-state index is -4.13. The van der Waals surface area contributed by atoms with E-state index in [2.05, 4.69) is 5.32 Å². The molecule has 1 aromatic carbocycles. The summed E-state index contributed by atoms with van der Waals surface area (Å²) >= 11 is 0. The van der Waals surface area contributed by atoms with Crippen LogP contribution in [0.1, 0.15) is 24.3 Å². The van der Waals surface area contributed by atoms with Crippen LogP contribution in [0.3, 0.4) is 0 Å². The van der Waals surface area contributed by atoms with Gasteiger partial charge in [-0.15, -0.1) is 0 Å². The van der Waals surface area contributed by atoms with E-state index in [1.165, 1.54) is 0 Å². The summed E-state index contributed by atoms with van der Waals surface area (Å²) in [6.45, 7) is -0.906. The zero-order chi connectivity index (χ0) is 13.2. The maximum Gasteiger partial charge on any atom is 0.401 e. The SMILES string of the molecule is COc1ccccc1C1CC(NCC(F)(F)F)C1. The molecule has 0 aromatic heterocycles. The molecule has 1 saturated carbocycles. The number of alkyl halides is 3. The number of ether oxygens (including phenoxy) is 1. The van der Waals surface area contributed by atoms with Gasteiger partial charge in [-0.05, 0) is 30.4 Å². The Balaban J connectivity index is 1.85. The monoisotopic (exact) mass is 259 g/mol. The molecule has 0 unspecified atom stereocenters. The van der Waals surface area contributed by atoms with E-state index in [1.54, 1.807) is 7.11 Å². The van der Waals surface area contributed by atoms with Gasteiger partial charge in [0, 0.05) is 6.04 Å². The second-order valence-electron chi connectivity index (χ2n) is 4.60. The Morgan fingerprint density at radius 3 is 2.56 bits per heavy atom. The summed E-state index contributed by atoms with van der Waals surface area (Å²) in [7, 11) is 1.61. The van der Waals surface area contributed by atoms with Gasteiger partial charge in [-0.25, -0.2) is 0 Å². The van der Waals surface area contributed by atoms with E-state index < -0.39 is 12.7 Å². The van der Waals surface area contributed by atoms with Crippen molar-refractivity contribution >= 4 is 0 Å². The van der Waals surface area contributed by atoms with Crippen molar-refractivity contribution in [3.63, 3.8) is 0 Å². The molecular weight excluding hydrogens is 243 g/mol. The molecule has 5 heteroatoms. The largest absolute Gasteiger partial charge is 0.496 e. The third-order valence-corrected chi connectivity index (χ3v) is 3.31. The molecular formula is C13H16F3NO. The minimum Gasteiger partial charge on any atom is -0.496 e. The van der Waals surface area contributed by atoms with Gasteiger partial charge in [0.25, 0.3) is 0 Å². The molecule has 2 rings (SSSR count). The fraction of sp³-hybridized carbons (Fsp3) is 0.538. The lowest BCUT2D eigenvalue weighted by Gasteiger charge is -2.37. The molecule has 18 heavy (non-hydrogen) atoms. The molecule has 0 heterocycles. The van der Waals surface area contributed by atoms with Crippen LogP contribution in [0, 0.1) is 0 Å². The average molecular weight is 259 g/mol. The van der Waals surface area contributed by atoms with E-state index in [-0.39, 0.29) is 6.04 Å². The van der Waals surface area contributed by atoms with Crippen molar-refractivity contribution < 1.29 is 17.9 Å². The van der Waals surface area contributed by atoms with Crippen LogP contribution in [0.4, 0.5) is 13.2 Å². The fourth-order valence-electron chi connectivity index (χ4n) is 2.30. The minimum absolute atomic E-state index is 0.0402. The lowest BCUT2D eigenvalue weighted by molar-refractivity contribution is -0.127. The maximum atomic E-state index is 12.0. The number of nitrogens with one attached hydrogen (secondary N) is 1. The average Bonchev–Trinajstić information content (AvgIpc) is 2.26.